The summed E-state index contributed by atoms with van der Waals surface area (Å²) < 4.78 is 56.8. The van der Waals surface area contributed by atoms with Gasteiger partial charge in [0, 0.05) is 22.9 Å². The van der Waals surface area contributed by atoms with Crippen LogP contribution in [0.1, 0.15) is 23.1 Å². The SMILES string of the molecule is C=CC(=O)OCCCc1ccc2c(oc3c(C(F)(F)F)c(OC(=O)C=C)ccc32)c1C. The number of carbonyl (C=O) groups is 2. The lowest BCUT2D eigenvalue weighted by Gasteiger charge is -2.12. The highest BCUT2D eigenvalue weighted by Gasteiger charge is 2.39. The molecule has 0 aliphatic heterocycles. The van der Waals surface area contributed by atoms with E-state index in [2.05, 4.69) is 13.2 Å². The molecule has 0 aliphatic carbocycles. The van der Waals surface area contributed by atoms with Crippen LogP contribution in [0.4, 0.5) is 13.2 Å². The molecule has 1 aromatic heterocycles. The first-order chi connectivity index (χ1) is 14.7. The number of hydrogen-bond donors (Lipinski definition) is 0. The van der Waals surface area contributed by atoms with Gasteiger partial charge in [-0.05, 0) is 43.0 Å². The standard InChI is InChI=1S/C23H19F3O5/c1-4-18(27)29-12-6-7-14-8-9-15-16-10-11-17(30-19(28)5-2)20(23(24,25)26)22(16)31-21(15)13(14)3/h4-5,8-11H,1-2,6-7,12H2,3H3. The van der Waals surface area contributed by atoms with E-state index in [0.29, 0.717) is 29.4 Å². The van der Waals surface area contributed by atoms with Gasteiger partial charge >= 0.3 is 18.1 Å². The van der Waals surface area contributed by atoms with Crippen LogP contribution in [0.25, 0.3) is 21.9 Å². The third-order valence-electron chi connectivity index (χ3n) is 4.79. The zero-order valence-electron chi connectivity index (χ0n) is 16.7. The van der Waals surface area contributed by atoms with Gasteiger partial charge in [0.25, 0.3) is 0 Å². The van der Waals surface area contributed by atoms with Crippen LogP contribution >= 0.6 is 0 Å². The molecule has 2 aromatic carbocycles. The van der Waals surface area contributed by atoms with Crippen LogP contribution in [0.15, 0.2) is 54.0 Å². The normalized spacial score (nSPS) is 11.5. The summed E-state index contributed by atoms with van der Waals surface area (Å²) in [7, 11) is 0. The summed E-state index contributed by atoms with van der Waals surface area (Å²) in [6.07, 6.45) is -1.88. The Morgan fingerprint density at radius 1 is 1.03 bits per heavy atom. The zero-order valence-corrected chi connectivity index (χ0v) is 16.7. The summed E-state index contributed by atoms with van der Waals surface area (Å²) in [5.74, 6) is -2.17. The van der Waals surface area contributed by atoms with Crippen LogP contribution in [0.5, 0.6) is 5.75 Å². The van der Waals surface area contributed by atoms with Crippen molar-refractivity contribution in [2.45, 2.75) is 25.9 Å². The highest BCUT2D eigenvalue weighted by Crippen LogP contribution is 2.45. The average molecular weight is 432 g/mol. The Balaban J connectivity index is 2.05. The van der Waals surface area contributed by atoms with Gasteiger partial charge in [0.05, 0.1) is 6.61 Å². The number of fused-ring (bicyclic) bond motifs is 3. The molecule has 8 heteroatoms. The molecule has 0 spiro atoms. The van der Waals surface area contributed by atoms with Crippen molar-refractivity contribution < 1.29 is 36.7 Å². The first kappa shape index (κ1) is 22.1. The molecule has 0 saturated heterocycles. The third kappa shape index (κ3) is 4.47. The molecule has 0 aliphatic rings. The monoisotopic (exact) mass is 432 g/mol. The lowest BCUT2D eigenvalue weighted by Crippen LogP contribution is -2.12. The Morgan fingerprint density at radius 3 is 2.32 bits per heavy atom. The molecule has 3 rings (SSSR count). The van der Waals surface area contributed by atoms with Crippen LogP contribution in [-0.2, 0) is 26.9 Å². The molecule has 0 atom stereocenters. The summed E-state index contributed by atoms with van der Waals surface area (Å²) >= 11 is 0. The summed E-state index contributed by atoms with van der Waals surface area (Å²) in [6.45, 7) is 8.46. The summed E-state index contributed by atoms with van der Waals surface area (Å²) in [5, 5.41) is 0.775. The van der Waals surface area contributed by atoms with E-state index in [-0.39, 0.29) is 12.0 Å². The van der Waals surface area contributed by atoms with Gasteiger partial charge < -0.3 is 13.9 Å². The second kappa shape index (κ2) is 8.67. The number of aryl methyl sites for hydroxylation is 2. The van der Waals surface area contributed by atoms with E-state index in [1.165, 1.54) is 6.07 Å². The number of halogens is 3. The number of ether oxygens (including phenoxy) is 2. The Hall–Kier alpha value is -3.55. The lowest BCUT2D eigenvalue weighted by atomic mass is 10.00. The number of benzene rings is 2. The Kier molecular flexibility index (Phi) is 6.19. The quantitative estimate of drug-likeness (QED) is 0.208. The van der Waals surface area contributed by atoms with Crippen molar-refractivity contribution in [1.82, 2.24) is 0 Å². The minimum absolute atomic E-state index is 0.193. The predicted octanol–water partition coefficient (Wildman–Crippen LogP) is 5.67. The molecule has 0 N–H and O–H groups in total. The topological polar surface area (TPSA) is 65.7 Å². The van der Waals surface area contributed by atoms with Gasteiger partial charge in [-0.1, -0.05) is 25.3 Å². The number of hydrogen-bond acceptors (Lipinski definition) is 5. The number of rotatable bonds is 7. The molecule has 3 aromatic rings. The molecule has 162 valence electrons. The fourth-order valence-corrected chi connectivity index (χ4v) is 3.33. The van der Waals surface area contributed by atoms with Crippen molar-refractivity contribution in [3.05, 3.63) is 66.3 Å². The smallest absolute Gasteiger partial charge is 0.423 e. The molecule has 1 heterocycles. The molecule has 0 radical (unpaired) electrons. The van der Waals surface area contributed by atoms with Gasteiger partial charge in [0.1, 0.15) is 16.9 Å². The second-order valence-corrected chi connectivity index (χ2v) is 6.74. The second-order valence-electron chi connectivity index (χ2n) is 6.74. The molecule has 0 fully saturated rings. The van der Waals surface area contributed by atoms with Crippen LogP contribution in [0.2, 0.25) is 0 Å². The molecule has 0 bridgehead atoms. The molecular weight excluding hydrogens is 413 g/mol. The third-order valence-corrected chi connectivity index (χ3v) is 4.79. The summed E-state index contributed by atoms with van der Waals surface area (Å²) in [5.41, 5.74) is 0.286. The van der Waals surface area contributed by atoms with E-state index in [9.17, 15) is 22.8 Å². The molecular formula is C23H19F3O5. The van der Waals surface area contributed by atoms with Crippen molar-refractivity contribution in [3.63, 3.8) is 0 Å². The molecule has 0 amide bonds. The van der Waals surface area contributed by atoms with E-state index < -0.39 is 35.0 Å². The number of esters is 2. The maximum atomic E-state index is 13.8. The first-order valence-corrected chi connectivity index (χ1v) is 9.35. The minimum atomic E-state index is -4.81. The van der Waals surface area contributed by atoms with E-state index in [4.69, 9.17) is 13.9 Å². The Morgan fingerprint density at radius 2 is 1.68 bits per heavy atom. The predicted molar refractivity (Wildman–Crippen MR) is 109 cm³/mol. The van der Waals surface area contributed by atoms with Gasteiger partial charge in [0.2, 0.25) is 0 Å². The summed E-state index contributed by atoms with van der Waals surface area (Å²) in [6, 6.07) is 6.02. The van der Waals surface area contributed by atoms with Gasteiger partial charge in [-0.3, -0.25) is 0 Å². The van der Waals surface area contributed by atoms with Gasteiger partial charge in [-0.2, -0.15) is 13.2 Å². The van der Waals surface area contributed by atoms with E-state index >= 15 is 0 Å². The van der Waals surface area contributed by atoms with Gasteiger partial charge in [-0.25, -0.2) is 9.59 Å². The largest absolute Gasteiger partial charge is 0.463 e. The van der Waals surface area contributed by atoms with E-state index in [1.807, 2.05) is 0 Å². The van der Waals surface area contributed by atoms with Crippen LogP contribution in [0.3, 0.4) is 0 Å². The van der Waals surface area contributed by atoms with Crippen molar-refractivity contribution >= 4 is 33.9 Å². The van der Waals surface area contributed by atoms with E-state index in [0.717, 1.165) is 23.8 Å². The number of furan rings is 1. The zero-order chi connectivity index (χ0) is 22.8. The van der Waals surface area contributed by atoms with E-state index in [1.54, 1.807) is 19.1 Å². The summed E-state index contributed by atoms with van der Waals surface area (Å²) in [4.78, 5) is 22.6. The molecule has 0 unspecified atom stereocenters. The fourth-order valence-electron chi connectivity index (χ4n) is 3.33. The molecule has 31 heavy (non-hydrogen) atoms. The van der Waals surface area contributed by atoms with Crippen molar-refractivity contribution in [2.75, 3.05) is 6.61 Å². The Bertz CT molecular complexity index is 1190. The minimum Gasteiger partial charge on any atom is -0.463 e. The van der Waals surface area contributed by atoms with Crippen LogP contribution < -0.4 is 4.74 Å². The van der Waals surface area contributed by atoms with Crippen LogP contribution in [-0.4, -0.2) is 18.5 Å². The highest BCUT2D eigenvalue weighted by molar-refractivity contribution is 6.08. The Labute approximate surface area is 175 Å². The number of alkyl halides is 3. The van der Waals surface area contributed by atoms with Gasteiger partial charge in [-0.15, -0.1) is 0 Å². The lowest BCUT2D eigenvalue weighted by molar-refractivity contribution is -0.140. The average Bonchev–Trinajstić information content (AvgIpc) is 3.10. The van der Waals surface area contributed by atoms with Crippen molar-refractivity contribution in [2.24, 2.45) is 0 Å². The van der Waals surface area contributed by atoms with Crippen LogP contribution in [0, 0.1) is 6.92 Å². The maximum absolute atomic E-state index is 13.8. The first-order valence-electron chi connectivity index (χ1n) is 9.35. The highest BCUT2D eigenvalue weighted by atomic mass is 19.4. The van der Waals surface area contributed by atoms with Gasteiger partial charge in [0.15, 0.2) is 5.58 Å². The maximum Gasteiger partial charge on any atom is 0.423 e. The fraction of sp³-hybridized carbons (Fsp3) is 0.217. The van der Waals surface area contributed by atoms with Crippen molar-refractivity contribution in [1.29, 1.82) is 0 Å². The molecule has 0 saturated carbocycles. The molecule has 5 nitrogen and oxygen atoms in total. The van der Waals surface area contributed by atoms with Crippen molar-refractivity contribution in [3.8, 4) is 5.75 Å². The number of carbonyl (C=O) groups excluding carboxylic acids is 2.